The van der Waals surface area contributed by atoms with Crippen molar-refractivity contribution < 1.29 is 48.1 Å². The van der Waals surface area contributed by atoms with Crippen LogP contribution in [0.1, 0.15) is 69.6 Å². The summed E-state index contributed by atoms with van der Waals surface area (Å²) in [6, 6.07) is 24.2. The quantitative estimate of drug-likeness (QED) is 0.209. The molecule has 2 amide bonds. The summed E-state index contributed by atoms with van der Waals surface area (Å²) in [5, 5.41) is 14.6. The lowest BCUT2D eigenvalue weighted by molar-refractivity contribution is -0.214. The zero-order chi connectivity index (χ0) is 40.1. The molecular formula is C43H48IN3O10. The van der Waals surface area contributed by atoms with Crippen LogP contribution in [0.15, 0.2) is 84.9 Å². The van der Waals surface area contributed by atoms with Crippen molar-refractivity contribution in [3.05, 3.63) is 105 Å². The fourth-order valence-corrected chi connectivity index (χ4v) is 9.54. The Labute approximate surface area is 345 Å². The monoisotopic (exact) mass is 893 g/mol. The zero-order valence-electron chi connectivity index (χ0n) is 32.2. The van der Waals surface area contributed by atoms with Crippen molar-refractivity contribution in [2.45, 2.75) is 113 Å². The maximum absolute atomic E-state index is 15.5. The summed E-state index contributed by atoms with van der Waals surface area (Å²) in [7, 11) is 0. The van der Waals surface area contributed by atoms with Crippen LogP contribution in [0.2, 0.25) is 0 Å². The summed E-state index contributed by atoms with van der Waals surface area (Å²) in [5.41, 5.74) is 0.181. The molecule has 13 nitrogen and oxygen atoms in total. The molecule has 4 aliphatic heterocycles. The van der Waals surface area contributed by atoms with Gasteiger partial charge in [0.05, 0.1) is 19.2 Å². The molecule has 1 aliphatic carbocycles. The van der Waals surface area contributed by atoms with Crippen molar-refractivity contribution in [3.63, 3.8) is 0 Å². The largest absolute Gasteiger partial charge is 0.460 e. The van der Waals surface area contributed by atoms with Crippen molar-refractivity contribution >= 4 is 46.3 Å². The van der Waals surface area contributed by atoms with Crippen LogP contribution in [0.4, 0.5) is 0 Å². The predicted molar refractivity (Wildman–Crippen MR) is 213 cm³/mol. The average Bonchev–Trinajstić information content (AvgIpc) is 3.94. The Morgan fingerprint density at radius 2 is 1.61 bits per heavy atom. The number of nitrogens with one attached hydrogen (secondary N) is 1. The minimum Gasteiger partial charge on any atom is -0.460 e. The third-order valence-electron chi connectivity index (χ3n) is 11.6. The highest BCUT2D eigenvalue weighted by Gasteiger charge is 2.77. The minimum atomic E-state index is -1.49. The molecule has 57 heavy (non-hydrogen) atoms. The molecule has 5 aliphatic rings. The number of rotatable bonds is 11. The van der Waals surface area contributed by atoms with Gasteiger partial charge in [-0.1, -0.05) is 72.8 Å². The van der Waals surface area contributed by atoms with Gasteiger partial charge >= 0.3 is 11.9 Å². The van der Waals surface area contributed by atoms with Gasteiger partial charge in [0.1, 0.15) is 41.5 Å². The lowest BCUT2D eigenvalue weighted by Crippen LogP contribution is -2.70. The van der Waals surface area contributed by atoms with E-state index in [2.05, 4.69) is 27.9 Å². The number of fused-ring (bicyclic) bond motifs is 4. The SMILES string of the molecule is CC(C)(C)OC(=O)CCC(CO)NC(=O)C1CCCN1C(=O)C12CC3OC(=O)C1N(Cc1ccc(I)cc1)OC2C1OC(c2ccccc2)(c2ccccc2)OC31. The number of nitrogens with zero attached hydrogens (tertiary/aromatic N) is 2. The highest BCUT2D eigenvalue weighted by Crippen LogP contribution is 2.60. The number of likely N-dealkylation sites (tertiary alicyclic amines) is 1. The van der Waals surface area contributed by atoms with Gasteiger partial charge in [-0.15, -0.1) is 0 Å². The molecule has 2 N–H and O–H groups in total. The summed E-state index contributed by atoms with van der Waals surface area (Å²) >= 11 is 2.23. The van der Waals surface area contributed by atoms with Crippen molar-refractivity contribution in [1.29, 1.82) is 0 Å². The van der Waals surface area contributed by atoms with Crippen LogP contribution in [0, 0.1) is 8.99 Å². The van der Waals surface area contributed by atoms with Gasteiger partial charge in [-0.3, -0.25) is 24.0 Å². The Kier molecular flexibility index (Phi) is 11.0. The second-order valence-electron chi connectivity index (χ2n) is 16.5. The number of aliphatic hydroxyl groups is 1. The van der Waals surface area contributed by atoms with Gasteiger partial charge in [-0.25, -0.2) is 0 Å². The maximum atomic E-state index is 15.5. The van der Waals surface area contributed by atoms with Crippen LogP contribution in [-0.4, -0.2) is 100 Å². The number of amides is 2. The molecule has 302 valence electrons. The van der Waals surface area contributed by atoms with E-state index in [4.69, 9.17) is 23.8 Å². The van der Waals surface area contributed by atoms with Crippen molar-refractivity contribution in [2.75, 3.05) is 13.2 Å². The minimum absolute atomic E-state index is 0.00211. The summed E-state index contributed by atoms with van der Waals surface area (Å²) in [6.07, 6.45) is -2.29. The number of hydrogen-bond acceptors (Lipinski definition) is 11. The first-order valence-electron chi connectivity index (χ1n) is 19.6. The van der Waals surface area contributed by atoms with Crippen molar-refractivity contribution in [1.82, 2.24) is 15.3 Å². The van der Waals surface area contributed by atoms with Crippen LogP contribution in [0.25, 0.3) is 0 Å². The second-order valence-corrected chi connectivity index (χ2v) is 17.8. The second kappa shape index (κ2) is 15.7. The van der Waals surface area contributed by atoms with Crippen LogP contribution < -0.4 is 5.32 Å². The highest BCUT2D eigenvalue weighted by molar-refractivity contribution is 14.1. The van der Waals surface area contributed by atoms with Gasteiger partial charge < -0.3 is 34.3 Å². The molecule has 3 aromatic carbocycles. The molecule has 3 aromatic rings. The van der Waals surface area contributed by atoms with Crippen LogP contribution in [0.5, 0.6) is 0 Å². The molecule has 14 heteroatoms. The number of carbonyl (C=O) groups is 4. The summed E-state index contributed by atoms with van der Waals surface area (Å²) in [6.45, 7) is 5.39. The van der Waals surface area contributed by atoms with Gasteiger partial charge in [-0.2, -0.15) is 5.06 Å². The Bertz CT molecular complexity index is 1940. The molecule has 4 saturated heterocycles. The van der Waals surface area contributed by atoms with Crippen LogP contribution in [-0.2, 0) is 55.3 Å². The number of esters is 2. The Balaban J connectivity index is 1.13. The van der Waals surface area contributed by atoms with Gasteiger partial charge in [0.15, 0.2) is 6.04 Å². The van der Waals surface area contributed by atoms with E-state index in [1.165, 1.54) is 0 Å². The predicted octanol–water partition coefficient (Wildman–Crippen LogP) is 4.37. The molecule has 8 unspecified atom stereocenters. The first kappa shape index (κ1) is 39.9. The van der Waals surface area contributed by atoms with Crippen molar-refractivity contribution in [3.8, 4) is 0 Å². The van der Waals surface area contributed by atoms with E-state index in [9.17, 15) is 19.5 Å². The molecule has 1 saturated carbocycles. The fraction of sp³-hybridized carbons (Fsp3) is 0.488. The van der Waals surface area contributed by atoms with Crippen LogP contribution in [0.3, 0.4) is 0 Å². The average molecular weight is 894 g/mol. The number of aliphatic hydroxyl groups excluding tert-OH is 1. The molecule has 0 radical (unpaired) electrons. The topological polar surface area (TPSA) is 153 Å². The Hall–Kier alpha value is -3.93. The molecule has 4 heterocycles. The van der Waals surface area contributed by atoms with E-state index in [1.54, 1.807) is 30.7 Å². The summed E-state index contributed by atoms with van der Waals surface area (Å²) in [4.78, 5) is 64.7. The van der Waals surface area contributed by atoms with Crippen LogP contribution >= 0.6 is 22.6 Å². The van der Waals surface area contributed by atoms with E-state index in [1.807, 2.05) is 84.9 Å². The summed E-state index contributed by atoms with van der Waals surface area (Å²) < 4.78 is 26.8. The first-order valence-corrected chi connectivity index (χ1v) is 20.7. The molecule has 8 atom stereocenters. The summed E-state index contributed by atoms with van der Waals surface area (Å²) in [5.74, 6) is -3.28. The smallest absolute Gasteiger partial charge is 0.327 e. The molecule has 5 fully saturated rings. The number of benzene rings is 3. The van der Waals surface area contributed by atoms with E-state index < -0.39 is 89.7 Å². The lowest BCUT2D eigenvalue weighted by atomic mass is 9.62. The van der Waals surface area contributed by atoms with Crippen molar-refractivity contribution in [2.24, 2.45) is 5.41 Å². The fourth-order valence-electron chi connectivity index (χ4n) is 9.18. The first-order chi connectivity index (χ1) is 27.3. The molecule has 0 spiro atoms. The standard InChI is InChI=1S/C43H48IN3O10/c1-41(2,3)54-33(49)21-20-30(25-48)45-38(50)31-15-10-22-46(31)40(52)42-23-32-34-35(56-43(55-34,27-11-6-4-7-12-27)28-13-8-5-9-14-28)37(42)57-47(36(42)39(51)53-32)24-26-16-18-29(44)19-17-26/h4-9,11-14,16-19,30-32,34-37,48H,10,15,20-25H2,1-3H3,(H,45,50). The molecule has 2 bridgehead atoms. The van der Waals surface area contributed by atoms with Gasteiger partial charge in [0.25, 0.3) is 0 Å². The van der Waals surface area contributed by atoms with E-state index in [0.29, 0.717) is 12.8 Å². The number of halogens is 1. The van der Waals surface area contributed by atoms with Gasteiger partial charge in [0.2, 0.25) is 17.6 Å². The molecular weight excluding hydrogens is 845 g/mol. The highest BCUT2D eigenvalue weighted by atomic mass is 127. The number of hydrogen-bond donors (Lipinski definition) is 2. The third-order valence-corrected chi connectivity index (χ3v) is 12.3. The number of hydroxylamine groups is 2. The Morgan fingerprint density at radius 3 is 2.25 bits per heavy atom. The zero-order valence-corrected chi connectivity index (χ0v) is 34.3. The van der Waals surface area contributed by atoms with Gasteiger partial charge in [-0.05, 0) is 80.3 Å². The third kappa shape index (κ3) is 7.37. The van der Waals surface area contributed by atoms with E-state index in [-0.39, 0.29) is 32.4 Å². The molecule has 0 aromatic heterocycles. The number of ether oxygens (including phenoxy) is 4. The molecule has 8 rings (SSSR count). The van der Waals surface area contributed by atoms with E-state index >= 15 is 4.79 Å². The number of carbonyl (C=O) groups excluding carboxylic acids is 4. The lowest BCUT2D eigenvalue weighted by Gasteiger charge is -2.50. The Morgan fingerprint density at radius 1 is 0.965 bits per heavy atom. The maximum Gasteiger partial charge on any atom is 0.327 e. The normalized spacial score (nSPS) is 29.4. The van der Waals surface area contributed by atoms with Gasteiger partial charge in [0, 0.05) is 34.1 Å². The van der Waals surface area contributed by atoms with E-state index in [0.717, 1.165) is 20.3 Å².